The van der Waals surface area contributed by atoms with Crippen molar-refractivity contribution in [3.05, 3.63) is 52.8 Å². The summed E-state index contributed by atoms with van der Waals surface area (Å²) < 4.78 is 19.0. The van der Waals surface area contributed by atoms with Gasteiger partial charge in [-0.15, -0.1) is 0 Å². The SMILES string of the molecule is CNC(C)c1ccc(-c2ccc(OC)cc2F)cc1Cl. The number of hydrogen-bond donors (Lipinski definition) is 1. The maximum atomic E-state index is 14.0. The van der Waals surface area contributed by atoms with E-state index < -0.39 is 0 Å². The Morgan fingerprint density at radius 3 is 2.50 bits per heavy atom. The maximum Gasteiger partial charge on any atom is 0.134 e. The summed E-state index contributed by atoms with van der Waals surface area (Å²) in [4.78, 5) is 0. The molecule has 2 aromatic carbocycles. The van der Waals surface area contributed by atoms with Crippen LogP contribution in [0.15, 0.2) is 36.4 Å². The van der Waals surface area contributed by atoms with Crippen molar-refractivity contribution in [1.29, 1.82) is 0 Å². The molecule has 0 aromatic heterocycles. The van der Waals surface area contributed by atoms with Gasteiger partial charge in [0.25, 0.3) is 0 Å². The molecule has 0 aliphatic rings. The lowest BCUT2D eigenvalue weighted by atomic mass is 10.0. The van der Waals surface area contributed by atoms with Crippen LogP contribution < -0.4 is 10.1 Å². The lowest BCUT2D eigenvalue weighted by Gasteiger charge is -2.14. The summed E-state index contributed by atoms with van der Waals surface area (Å²) in [5.74, 6) is 0.174. The number of methoxy groups -OCH3 is 1. The minimum atomic E-state index is -0.324. The van der Waals surface area contributed by atoms with Crippen LogP contribution in [-0.4, -0.2) is 14.2 Å². The van der Waals surface area contributed by atoms with Gasteiger partial charge in [-0.3, -0.25) is 0 Å². The lowest BCUT2D eigenvalue weighted by Crippen LogP contribution is -2.12. The zero-order valence-corrected chi connectivity index (χ0v) is 12.5. The molecule has 2 aromatic rings. The average Bonchev–Trinajstić information content (AvgIpc) is 2.46. The highest BCUT2D eigenvalue weighted by molar-refractivity contribution is 6.31. The molecule has 0 saturated heterocycles. The number of nitrogens with one attached hydrogen (secondary N) is 1. The van der Waals surface area contributed by atoms with Crippen LogP contribution in [0.2, 0.25) is 5.02 Å². The van der Waals surface area contributed by atoms with Crippen LogP contribution in [0.1, 0.15) is 18.5 Å². The molecule has 0 radical (unpaired) electrons. The van der Waals surface area contributed by atoms with E-state index in [2.05, 4.69) is 5.32 Å². The van der Waals surface area contributed by atoms with Gasteiger partial charge in [-0.25, -0.2) is 4.39 Å². The summed E-state index contributed by atoms with van der Waals surface area (Å²) in [5, 5.41) is 3.76. The van der Waals surface area contributed by atoms with Crippen LogP contribution in [0.5, 0.6) is 5.75 Å². The molecule has 0 spiro atoms. The molecule has 20 heavy (non-hydrogen) atoms. The van der Waals surface area contributed by atoms with Gasteiger partial charge in [0.2, 0.25) is 0 Å². The zero-order valence-electron chi connectivity index (χ0n) is 11.7. The third-order valence-electron chi connectivity index (χ3n) is 3.39. The first-order chi connectivity index (χ1) is 9.56. The van der Waals surface area contributed by atoms with E-state index >= 15 is 0 Å². The van der Waals surface area contributed by atoms with Crippen molar-refractivity contribution in [3.8, 4) is 16.9 Å². The topological polar surface area (TPSA) is 21.3 Å². The van der Waals surface area contributed by atoms with Gasteiger partial charge in [0, 0.05) is 22.7 Å². The molecule has 0 fully saturated rings. The number of rotatable bonds is 4. The summed E-state index contributed by atoms with van der Waals surface area (Å²) in [5.41, 5.74) is 2.26. The predicted molar refractivity (Wildman–Crippen MR) is 80.9 cm³/mol. The second kappa shape index (κ2) is 6.25. The Morgan fingerprint density at radius 1 is 1.20 bits per heavy atom. The molecule has 1 atom stereocenters. The molecule has 1 N–H and O–H groups in total. The second-order valence-corrected chi connectivity index (χ2v) is 5.00. The van der Waals surface area contributed by atoms with E-state index in [0.717, 1.165) is 11.1 Å². The van der Waals surface area contributed by atoms with Gasteiger partial charge in [0.15, 0.2) is 0 Å². The largest absolute Gasteiger partial charge is 0.497 e. The molecular formula is C16H17ClFNO. The minimum absolute atomic E-state index is 0.150. The van der Waals surface area contributed by atoms with Gasteiger partial charge >= 0.3 is 0 Å². The molecule has 106 valence electrons. The first-order valence-corrected chi connectivity index (χ1v) is 6.75. The molecule has 4 heteroatoms. The van der Waals surface area contributed by atoms with Gasteiger partial charge in [-0.1, -0.05) is 23.7 Å². The highest BCUT2D eigenvalue weighted by atomic mass is 35.5. The van der Waals surface area contributed by atoms with Crippen LogP contribution in [-0.2, 0) is 0 Å². The van der Waals surface area contributed by atoms with Crippen LogP contribution in [0, 0.1) is 5.82 Å². The van der Waals surface area contributed by atoms with Crippen LogP contribution >= 0.6 is 11.6 Å². The van der Waals surface area contributed by atoms with E-state index in [0.29, 0.717) is 16.3 Å². The van der Waals surface area contributed by atoms with E-state index in [-0.39, 0.29) is 11.9 Å². The highest BCUT2D eigenvalue weighted by Crippen LogP contribution is 2.31. The van der Waals surface area contributed by atoms with E-state index in [4.69, 9.17) is 16.3 Å². The van der Waals surface area contributed by atoms with Crippen molar-refractivity contribution in [3.63, 3.8) is 0 Å². The molecule has 2 rings (SSSR count). The fraction of sp³-hybridized carbons (Fsp3) is 0.250. The Balaban J connectivity index is 2.41. The van der Waals surface area contributed by atoms with Crippen molar-refractivity contribution in [2.45, 2.75) is 13.0 Å². The summed E-state index contributed by atoms with van der Waals surface area (Å²) in [7, 11) is 3.39. The monoisotopic (exact) mass is 293 g/mol. The average molecular weight is 294 g/mol. The Hall–Kier alpha value is -1.58. The number of halogens is 2. The van der Waals surface area contributed by atoms with Gasteiger partial charge in [0.1, 0.15) is 11.6 Å². The number of benzene rings is 2. The molecule has 0 saturated carbocycles. The fourth-order valence-corrected chi connectivity index (χ4v) is 2.40. The van der Waals surface area contributed by atoms with E-state index in [1.165, 1.54) is 13.2 Å². The first-order valence-electron chi connectivity index (χ1n) is 6.37. The first kappa shape index (κ1) is 14.8. The number of hydrogen-bond acceptors (Lipinski definition) is 2. The van der Waals surface area contributed by atoms with Crippen LogP contribution in [0.4, 0.5) is 4.39 Å². The number of ether oxygens (including phenoxy) is 1. The standard InChI is InChI=1S/C16H17ClFNO/c1-10(19-2)13-6-4-11(8-15(13)17)14-7-5-12(20-3)9-16(14)18/h4-10,19H,1-3H3. The van der Waals surface area contributed by atoms with Crippen LogP contribution in [0.25, 0.3) is 11.1 Å². The highest BCUT2D eigenvalue weighted by Gasteiger charge is 2.11. The normalized spacial score (nSPS) is 12.2. The third-order valence-corrected chi connectivity index (χ3v) is 3.71. The van der Waals surface area contributed by atoms with Crippen molar-refractivity contribution >= 4 is 11.6 Å². The molecule has 0 bridgehead atoms. The Labute approximate surface area is 123 Å². The summed E-state index contributed by atoms with van der Waals surface area (Å²) in [6, 6.07) is 10.5. The fourth-order valence-electron chi connectivity index (χ4n) is 2.06. The van der Waals surface area contributed by atoms with Crippen molar-refractivity contribution in [1.82, 2.24) is 5.32 Å². The Kier molecular flexibility index (Phi) is 4.63. The smallest absolute Gasteiger partial charge is 0.134 e. The van der Waals surface area contributed by atoms with Crippen molar-refractivity contribution in [2.24, 2.45) is 0 Å². The lowest BCUT2D eigenvalue weighted by molar-refractivity contribution is 0.411. The zero-order chi connectivity index (χ0) is 14.7. The molecular weight excluding hydrogens is 277 g/mol. The van der Waals surface area contributed by atoms with Gasteiger partial charge in [-0.2, -0.15) is 0 Å². The third kappa shape index (κ3) is 2.94. The molecule has 0 amide bonds. The van der Waals surface area contributed by atoms with E-state index in [9.17, 15) is 4.39 Å². The molecule has 0 heterocycles. The van der Waals surface area contributed by atoms with E-state index in [1.54, 1.807) is 18.2 Å². The van der Waals surface area contributed by atoms with Crippen molar-refractivity contribution in [2.75, 3.05) is 14.2 Å². The Morgan fingerprint density at radius 2 is 1.95 bits per heavy atom. The molecule has 0 aliphatic carbocycles. The van der Waals surface area contributed by atoms with Gasteiger partial charge in [-0.05, 0) is 43.3 Å². The molecule has 1 unspecified atom stereocenters. The molecule has 0 aliphatic heterocycles. The van der Waals surface area contributed by atoms with Gasteiger partial charge < -0.3 is 10.1 Å². The van der Waals surface area contributed by atoms with Crippen molar-refractivity contribution < 1.29 is 9.13 Å². The Bertz CT molecular complexity index is 615. The second-order valence-electron chi connectivity index (χ2n) is 4.59. The van der Waals surface area contributed by atoms with Gasteiger partial charge in [0.05, 0.1) is 7.11 Å². The van der Waals surface area contributed by atoms with Crippen LogP contribution in [0.3, 0.4) is 0 Å². The maximum absolute atomic E-state index is 14.0. The molecule has 2 nitrogen and oxygen atoms in total. The quantitative estimate of drug-likeness (QED) is 0.900. The minimum Gasteiger partial charge on any atom is -0.497 e. The summed E-state index contributed by atoms with van der Waals surface area (Å²) >= 11 is 6.28. The van der Waals surface area contributed by atoms with E-state index in [1.807, 2.05) is 26.1 Å². The predicted octanol–water partition coefficient (Wildman–Crippen LogP) is 4.44. The summed E-state index contributed by atoms with van der Waals surface area (Å²) in [6.07, 6.45) is 0. The summed E-state index contributed by atoms with van der Waals surface area (Å²) in [6.45, 7) is 2.02.